The van der Waals surface area contributed by atoms with Crippen LogP contribution in [0.3, 0.4) is 0 Å². The average Bonchev–Trinajstić information content (AvgIpc) is 2.87. The van der Waals surface area contributed by atoms with Gasteiger partial charge in [0.25, 0.3) is 0 Å². The van der Waals surface area contributed by atoms with Crippen LogP contribution >= 0.6 is 0 Å². The van der Waals surface area contributed by atoms with E-state index in [1.54, 1.807) is 18.3 Å². The molecule has 0 bridgehead atoms. The summed E-state index contributed by atoms with van der Waals surface area (Å²) >= 11 is 0. The zero-order chi connectivity index (χ0) is 23.5. The number of pyridine rings is 1. The predicted molar refractivity (Wildman–Crippen MR) is 136 cm³/mol. The molecule has 1 saturated heterocycles. The monoisotopic (exact) mass is 456 g/mol. The molecule has 2 N–H and O–H groups in total. The fraction of sp³-hybridized carbons (Fsp3) is 0.393. The number of hydrogen-bond donors (Lipinski definition) is 2. The fourth-order valence-electron chi connectivity index (χ4n) is 5.44. The first-order valence-electron chi connectivity index (χ1n) is 12.1. The summed E-state index contributed by atoms with van der Waals surface area (Å²) in [5, 5.41) is 21.0. The smallest absolute Gasteiger partial charge is 0.141 e. The Labute approximate surface area is 201 Å². The SMILES string of the molecule is C#CCN(CCN1CCN(c2ccc(O)c3ncccc23)CC1)[C@@H]1CCc2ccc(O)cc2C1. The Kier molecular flexibility index (Phi) is 6.57. The van der Waals surface area contributed by atoms with Crippen LogP contribution in [-0.2, 0) is 12.8 Å². The summed E-state index contributed by atoms with van der Waals surface area (Å²) in [6.45, 7) is 6.49. The Hall–Kier alpha value is -3.27. The lowest BCUT2D eigenvalue weighted by Crippen LogP contribution is -2.50. The van der Waals surface area contributed by atoms with E-state index in [1.807, 2.05) is 24.3 Å². The van der Waals surface area contributed by atoms with Crippen molar-refractivity contribution in [2.45, 2.75) is 25.3 Å². The lowest BCUT2D eigenvalue weighted by Gasteiger charge is -2.39. The van der Waals surface area contributed by atoms with Crippen LogP contribution in [-0.4, -0.2) is 76.9 Å². The van der Waals surface area contributed by atoms with Crippen LogP contribution in [0.25, 0.3) is 10.9 Å². The topological polar surface area (TPSA) is 63.1 Å². The molecule has 176 valence electrons. The minimum Gasteiger partial charge on any atom is -0.508 e. The van der Waals surface area contributed by atoms with Gasteiger partial charge in [0.1, 0.15) is 17.0 Å². The predicted octanol–water partition coefficient (Wildman–Crippen LogP) is 3.26. The van der Waals surface area contributed by atoms with Crippen LogP contribution in [0, 0.1) is 12.3 Å². The van der Waals surface area contributed by atoms with Gasteiger partial charge in [-0.3, -0.25) is 14.8 Å². The van der Waals surface area contributed by atoms with Crippen molar-refractivity contribution in [2.75, 3.05) is 50.7 Å². The molecule has 2 heterocycles. The molecule has 2 aliphatic rings. The molecule has 0 radical (unpaired) electrons. The largest absolute Gasteiger partial charge is 0.508 e. The van der Waals surface area contributed by atoms with Gasteiger partial charge >= 0.3 is 0 Å². The zero-order valence-corrected chi connectivity index (χ0v) is 19.5. The highest BCUT2D eigenvalue weighted by molar-refractivity contribution is 5.95. The molecule has 3 aromatic rings. The quantitative estimate of drug-likeness (QED) is 0.555. The van der Waals surface area contributed by atoms with E-state index in [2.05, 4.69) is 31.7 Å². The average molecular weight is 457 g/mol. The van der Waals surface area contributed by atoms with Gasteiger partial charge in [0.2, 0.25) is 0 Å². The van der Waals surface area contributed by atoms with Gasteiger partial charge in [-0.1, -0.05) is 12.0 Å². The third-order valence-corrected chi connectivity index (χ3v) is 7.34. The number of aryl methyl sites for hydroxylation is 1. The summed E-state index contributed by atoms with van der Waals surface area (Å²) in [6, 6.07) is 13.9. The summed E-state index contributed by atoms with van der Waals surface area (Å²) in [6.07, 6.45) is 10.5. The number of nitrogens with zero attached hydrogens (tertiary/aromatic N) is 4. The van der Waals surface area contributed by atoms with E-state index in [4.69, 9.17) is 6.42 Å². The van der Waals surface area contributed by atoms with Gasteiger partial charge in [-0.2, -0.15) is 0 Å². The van der Waals surface area contributed by atoms with Crippen molar-refractivity contribution in [1.82, 2.24) is 14.8 Å². The van der Waals surface area contributed by atoms with Crippen LogP contribution in [0.1, 0.15) is 17.5 Å². The summed E-state index contributed by atoms with van der Waals surface area (Å²) < 4.78 is 0. The minimum atomic E-state index is 0.229. The van der Waals surface area contributed by atoms with Crippen LogP contribution < -0.4 is 4.90 Å². The maximum atomic E-state index is 10.2. The number of phenols is 2. The van der Waals surface area contributed by atoms with Gasteiger partial charge in [0.05, 0.1) is 6.54 Å². The van der Waals surface area contributed by atoms with Crippen molar-refractivity contribution in [3.8, 4) is 23.8 Å². The summed E-state index contributed by atoms with van der Waals surface area (Å²) in [5.41, 5.74) is 4.40. The highest BCUT2D eigenvalue weighted by Crippen LogP contribution is 2.32. The lowest BCUT2D eigenvalue weighted by molar-refractivity contribution is 0.160. The van der Waals surface area contributed by atoms with E-state index >= 15 is 0 Å². The second kappa shape index (κ2) is 9.92. The molecule has 0 amide bonds. The Balaban J connectivity index is 1.19. The molecule has 1 aliphatic carbocycles. The Morgan fingerprint density at radius 2 is 1.91 bits per heavy atom. The van der Waals surface area contributed by atoms with Gasteiger partial charge in [-0.15, -0.1) is 6.42 Å². The third-order valence-electron chi connectivity index (χ3n) is 7.34. The molecular weight excluding hydrogens is 424 g/mol. The molecule has 6 heteroatoms. The van der Waals surface area contributed by atoms with Gasteiger partial charge in [-0.25, -0.2) is 0 Å². The molecule has 6 nitrogen and oxygen atoms in total. The first kappa shape index (κ1) is 22.5. The van der Waals surface area contributed by atoms with Crippen molar-refractivity contribution >= 4 is 16.6 Å². The molecule has 1 atom stereocenters. The number of anilines is 1. The maximum absolute atomic E-state index is 10.2. The Bertz CT molecular complexity index is 1200. The number of terminal acetylenes is 1. The van der Waals surface area contributed by atoms with E-state index in [0.29, 0.717) is 23.9 Å². The Morgan fingerprint density at radius 1 is 1.06 bits per heavy atom. The number of aromatic hydroxyl groups is 2. The molecule has 2 aromatic carbocycles. The first-order chi connectivity index (χ1) is 16.6. The molecule has 0 saturated carbocycles. The Morgan fingerprint density at radius 3 is 2.74 bits per heavy atom. The number of rotatable bonds is 6. The zero-order valence-electron chi connectivity index (χ0n) is 19.5. The second-order valence-corrected chi connectivity index (χ2v) is 9.36. The van der Waals surface area contributed by atoms with E-state index in [0.717, 1.165) is 69.6 Å². The van der Waals surface area contributed by atoms with Gasteiger partial charge in [-0.05, 0) is 66.8 Å². The van der Waals surface area contributed by atoms with E-state index in [9.17, 15) is 10.2 Å². The molecule has 34 heavy (non-hydrogen) atoms. The molecular formula is C28H32N4O2. The molecule has 1 aliphatic heterocycles. The van der Waals surface area contributed by atoms with Crippen molar-refractivity contribution < 1.29 is 10.2 Å². The number of hydrogen-bond acceptors (Lipinski definition) is 6. The number of piperazine rings is 1. The van der Waals surface area contributed by atoms with Crippen molar-refractivity contribution in [2.24, 2.45) is 0 Å². The summed E-state index contributed by atoms with van der Waals surface area (Å²) in [7, 11) is 0. The molecule has 1 fully saturated rings. The van der Waals surface area contributed by atoms with Crippen LogP contribution in [0.5, 0.6) is 11.5 Å². The van der Waals surface area contributed by atoms with Gasteiger partial charge < -0.3 is 15.1 Å². The fourth-order valence-corrected chi connectivity index (χ4v) is 5.44. The first-order valence-corrected chi connectivity index (χ1v) is 12.1. The number of phenolic OH excluding ortho intramolecular Hbond substituents is 2. The van der Waals surface area contributed by atoms with Gasteiger partial charge in [0, 0.05) is 62.6 Å². The summed E-state index contributed by atoms with van der Waals surface area (Å²) in [5.74, 6) is 3.44. The summed E-state index contributed by atoms with van der Waals surface area (Å²) in [4.78, 5) is 11.7. The molecule has 5 rings (SSSR count). The maximum Gasteiger partial charge on any atom is 0.141 e. The van der Waals surface area contributed by atoms with Crippen LogP contribution in [0.15, 0.2) is 48.7 Å². The van der Waals surface area contributed by atoms with E-state index in [1.165, 1.54) is 11.1 Å². The van der Waals surface area contributed by atoms with Crippen LogP contribution in [0.4, 0.5) is 5.69 Å². The van der Waals surface area contributed by atoms with E-state index < -0.39 is 0 Å². The molecule has 1 aromatic heterocycles. The molecule has 0 spiro atoms. The van der Waals surface area contributed by atoms with Gasteiger partial charge in [0.15, 0.2) is 0 Å². The number of aromatic nitrogens is 1. The highest BCUT2D eigenvalue weighted by atomic mass is 16.3. The minimum absolute atomic E-state index is 0.229. The lowest BCUT2D eigenvalue weighted by atomic mass is 9.87. The van der Waals surface area contributed by atoms with E-state index in [-0.39, 0.29) is 5.75 Å². The number of benzene rings is 2. The number of fused-ring (bicyclic) bond motifs is 2. The standard InChI is InChI=1S/C28H32N4O2/c1-2-12-31(23-7-5-21-6-8-24(33)20-22(21)19-23)16-13-30-14-17-32(18-15-30)26-9-10-27(34)28-25(26)4-3-11-29-28/h1,3-4,6,8-11,20,23,33-34H,5,7,12-19H2/t23-/m1/s1. The molecule has 0 unspecified atom stereocenters. The third kappa shape index (κ3) is 4.68. The van der Waals surface area contributed by atoms with Crippen molar-refractivity contribution in [1.29, 1.82) is 0 Å². The highest BCUT2D eigenvalue weighted by Gasteiger charge is 2.25. The second-order valence-electron chi connectivity index (χ2n) is 9.36. The van der Waals surface area contributed by atoms with Crippen molar-refractivity contribution in [3.05, 3.63) is 59.8 Å². The van der Waals surface area contributed by atoms with Crippen LogP contribution in [0.2, 0.25) is 0 Å². The normalized spacial score (nSPS) is 18.7. The van der Waals surface area contributed by atoms with Crippen molar-refractivity contribution in [3.63, 3.8) is 0 Å².